The summed E-state index contributed by atoms with van der Waals surface area (Å²) < 4.78 is 1.15. The average Bonchev–Trinajstić information content (AvgIpc) is 3.11. The number of para-hydroxylation sites is 1. The van der Waals surface area contributed by atoms with Gasteiger partial charge in [0.15, 0.2) is 0 Å². The van der Waals surface area contributed by atoms with Crippen molar-refractivity contribution in [1.82, 2.24) is 9.88 Å². The largest absolute Gasteiger partial charge is 0.481 e. The zero-order valence-electron chi connectivity index (χ0n) is 14.5. The van der Waals surface area contributed by atoms with Crippen LogP contribution >= 0.6 is 11.3 Å². The van der Waals surface area contributed by atoms with Gasteiger partial charge in [0, 0.05) is 19.0 Å². The summed E-state index contributed by atoms with van der Waals surface area (Å²) >= 11 is 1.67. The van der Waals surface area contributed by atoms with Crippen LogP contribution < -0.4 is 0 Å². The van der Waals surface area contributed by atoms with E-state index in [2.05, 4.69) is 18.2 Å². The molecule has 1 amide bonds. The van der Waals surface area contributed by atoms with Crippen LogP contribution in [-0.2, 0) is 9.59 Å². The molecule has 0 unspecified atom stereocenters. The van der Waals surface area contributed by atoms with Crippen LogP contribution in [-0.4, -0.2) is 40.0 Å². The van der Waals surface area contributed by atoms with E-state index in [1.54, 1.807) is 16.2 Å². The summed E-state index contributed by atoms with van der Waals surface area (Å²) in [6.45, 7) is 0.996. The summed E-state index contributed by atoms with van der Waals surface area (Å²) in [4.78, 5) is 31.1. The number of piperidine rings is 1. The van der Waals surface area contributed by atoms with Gasteiger partial charge in [-0.15, -0.1) is 11.3 Å². The van der Waals surface area contributed by atoms with E-state index in [0.717, 1.165) is 28.1 Å². The molecule has 1 fully saturated rings. The van der Waals surface area contributed by atoms with Crippen LogP contribution in [0.3, 0.4) is 0 Å². The maximum Gasteiger partial charge on any atom is 0.308 e. The van der Waals surface area contributed by atoms with E-state index >= 15 is 0 Å². The SMILES string of the molecule is O=C(O)[C@@H]1CCCN(C(=O)[C@H]2CC=CC[C@@H]2c2nc3ccccc3s2)C1. The molecule has 1 aromatic carbocycles. The van der Waals surface area contributed by atoms with Gasteiger partial charge < -0.3 is 10.0 Å². The lowest BCUT2D eigenvalue weighted by molar-refractivity contribution is -0.147. The number of carboxylic acids is 1. The minimum atomic E-state index is -0.797. The van der Waals surface area contributed by atoms with Gasteiger partial charge in [0.25, 0.3) is 0 Å². The van der Waals surface area contributed by atoms with Gasteiger partial charge in [-0.25, -0.2) is 4.98 Å². The molecular weight excluding hydrogens is 348 g/mol. The zero-order valence-corrected chi connectivity index (χ0v) is 15.3. The van der Waals surface area contributed by atoms with Crippen molar-refractivity contribution in [3.63, 3.8) is 0 Å². The summed E-state index contributed by atoms with van der Waals surface area (Å²) in [5.74, 6) is -1.21. The van der Waals surface area contributed by atoms with E-state index in [1.807, 2.05) is 18.2 Å². The lowest BCUT2D eigenvalue weighted by Gasteiger charge is -2.36. The number of hydrogen-bond donors (Lipinski definition) is 1. The predicted molar refractivity (Wildman–Crippen MR) is 101 cm³/mol. The fourth-order valence-corrected chi connectivity index (χ4v) is 5.17. The lowest BCUT2D eigenvalue weighted by atomic mass is 9.81. The van der Waals surface area contributed by atoms with Gasteiger partial charge in [0.2, 0.25) is 5.91 Å². The molecule has 0 saturated carbocycles. The van der Waals surface area contributed by atoms with Crippen molar-refractivity contribution in [2.45, 2.75) is 31.6 Å². The van der Waals surface area contributed by atoms with E-state index in [4.69, 9.17) is 4.98 Å². The molecule has 1 N–H and O–H groups in total. The maximum absolute atomic E-state index is 13.2. The normalized spacial score (nSPS) is 26.2. The summed E-state index contributed by atoms with van der Waals surface area (Å²) in [6.07, 6.45) is 7.14. The van der Waals surface area contributed by atoms with Gasteiger partial charge in [-0.1, -0.05) is 24.3 Å². The number of hydrogen-bond acceptors (Lipinski definition) is 4. The molecule has 2 aliphatic rings. The number of benzene rings is 1. The van der Waals surface area contributed by atoms with Crippen molar-refractivity contribution in [2.75, 3.05) is 13.1 Å². The number of amides is 1. The van der Waals surface area contributed by atoms with Gasteiger partial charge in [0.05, 0.1) is 27.1 Å². The summed E-state index contributed by atoms with van der Waals surface area (Å²) in [5.41, 5.74) is 0.983. The van der Waals surface area contributed by atoms with E-state index in [0.29, 0.717) is 25.9 Å². The molecule has 2 aromatic rings. The highest BCUT2D eigenvalue weighted by Crippen LogP contribution is 2.39. The molecule has 1 aliphatic heterocycles. The highest BCUT2D eigenvalue weighted by Gasteiger charge is 2.37. The van der Waals surface area contributed by atoms with Gasteiger partial charge in [-0.2, -0.15) is 0 Å². The second-order valence-corrected chi connectivity index (χ2v) is 8.20. The summed E-state index contributed by atoms with van der Waals surface area (Å²) in [7, 11) is 0. The minimum Gasteiger partial charge on any atom is -0.481 e. The smallest absolute Gasteiger partial charge is 0.308 e. The first-order chi connectivity index (χ1) is 12.6. The van der Waals surface area contributed by atoms with Crippen molar-refractivity contribution >= 4 is 33.4 Å². The molecule has 6 heteroatoms. The van der Waals surface area contributed by atoms with Crippen molar-refractivity contribution < 1.29 is 14.7 Å². The van der Waals surface area contributed by atoms with Gasteiger partial charge in [0.1, 0.15) is 0 Å². The molecule has 1 saturated heterocycles. The molecule has 0 radical (unpaired) electrons. The van der Waals surface area contributed by atoms with Crippen molar-refractivity contribution in [3.8, 4) is 0 Å². The average molecular weight is 370 g/mol. The summed E-state index contributed by atoms with van der Waals surface area (Å²) in [5, 5.41) is 10.3. The highest BCUT2D eigenvalue weighted by atomic mass is 32.1. The minimum absolute atomic E-state index is 0.0788. The zero-order chi connectivity index (χ0) is 18.1. The Hall–Kier alpha value is -2.21. The quantitative estimate of drug-likeness (QED) is 0.837. The number of thiazole rings is 1. The standard InChI is InChI=1S/C20H22N2O3S/c23-19(22-11-5-6-13(12-22)20(24)25)15-8-2-1-7-14(15)18-21-16-9-3-4-10-17(16)26-18/h1-4,9-10,13-15H,5-8,11-12H2,(H,24,25)/t13-,14+,15+/m1/s1. The van der Waals surface area contributed by atoms with Crippen molar-refractivity contribution in [3.05, 3.63) is 41.4 Å². The molecule has 0 bridgehead atoms. The van der Waals surface area contributed by atoms with Gasteiger partial charge in [-0.3, -0.25) is 9.59 Å². The molecule has 3 atom stereocenters. The molecule has 136 valence electrons. The summed E-state index contributed by atoms with van der Waals surface area (Å²) in [6, 6.07) is 8.06. The highest BCUT2D eigenvalue weighted by molar-refractivity contribution is 7.18. The molecule has 1 aromatic heterocycles. The molecular formula is C20H22N2O3S. The fraction of sp³-hybridized carbons (Fsp3) is 0.450. The lowest BCUT2D eigenvalue weighted by Crippen LogP contribution is -2.46. The van der Waals surface area contributed by atoms with Crippen LogP contribution in [0, 0.1) is 11.8 Å². The monoisotopic (exact) mass is 370 g/mol. The first-order valence-electron chi connectivity index (χ1n) is 9.15. The van der Waals surface area contributed by atoms with Crippen molar-refractivity contribution in [2.24, 2.45) is 11.8 Å². The Kier molecular flexibility index (Phi) is 4.76. The van der Waals surface area contributed by atoms with Crippen LogP contribution in [0.4, 0.5) is 0 Å². The van der Waals surface area contributed by atoms with Gasteiger partial charge in [-0.05, 0) is 37.8 Å². The van der Waals surface area contributed by atoms with Crippen LogP contribution in [0.15, 0.2) is 36.4 Å². The van der Waals surface area contributed by atoms with Crippen molar-refractivity contribution in [1.29, 1.82) is 0 Å². The predicted octanol–water partition coefficient (Wildman–Crippen LogP) is 3.67. The third-order valence-electron chi connectivity index (χ3n) is 5.46. The number of carbonyl (C=O) groups is 2. The Labute approximate surface area is 156 Å². The number of carbonyl (C=O) groups excluding carboxylic acids is 1. The number of aromatic nitrogens is 1. The Morgan fingerprint density at radius 1 is 1.19 bits per heavy atom. The molecule has 1 aliphatic carbocycles. The fourth-order valence-electron chi connectivity index (χ4n) is 4.02. The van der Waals surface area contributed by atoms with E-state index in [-0.39, 0.29) is 17.7 Å². The van der Waals surface area contributed by atoms with Gasteiger partial charge >= 0.3 is 5.97 Å². The number of fused-ring (bicyclic) bond motifs is 1. The number of likely N-dealkylation sites (tertiary alicyclic amines) is 1. The number of carboxylic acid groups (broad SMARTS) is 1. The molecule has 2 heterocycles. The molecule has 0 spiro atoms. The van der Waals surface area contributed by atoms with Crippen LogP contribution in [0.25, 0.3) is 10.2 Å². The third-order valence-corrected chi connectivity index (χ3v) is 6.63. The Morgan fingerprint density at radius 3 is 2.81 bits per heavy atom. The molecule has 4 rings (SSSR count). The maximum atomic E-state index is 13.2. The number of nitrogens with zero attached hydrogens (tertiary/aromatic N) is 2. The van der Waals surface area contributed by atoms with Crippen LogP contribution in [0.5, 0.6) is 0 Å². The Morgan fingerprint density at radius 2 is 2.00 bits per heavy atom. The van der Waals surface area contributed by atoms with E-state index in [9.17, 15) is 14.7 Å². The van der Waals surface area contributed by atoms with E-state index < -0.39 is 11.9 Å². The number of aliphatic carboxylic acids is 1. The first-order valence-corrected chi connectivity index (χ1v) is 9.97. The van der Waals surface area contributed by atoms with E-state index in [1.165, 1.54) is 0 Å². The number of allylic oxidation sites excluding steroid dienone is 2. The Bertz CT molecular complexity index is 827. The molecule has 26 heavy (non-hydrogen) atoms. The van der Waals surface area contributed by atoms with Crippen LogP contribution in [0.2, 0.25) is 0 Å². The number of rotatable bonds is 3. The third kappa shape index (κ3) is 3.26. The topological polar surface area (TPSA) is 70.5 Å². The second kappa shape index (κ2) is 7.19. The van der Waals surface area contributed by atoms with Crippen LogP contribution in [0.1, 0.15) is 36.6 Å². The Balaban J connectivity index is 1.58. The molecule has 5 nitrogen and oxygen atoms in total. The first kappa shape index (κ1) is 17.2. The second-order valence-electron chi connectivity index (χ2n) is 7.14.